The van der Waals surface area contributed by atoms with Gasteiger partial charge in [0, 0.05) is 109 Å². The monoisotopic (exact) mass is 1230 g/mol. The highest BCUT2D eigenvalue weighted by Crippen LogP contribution is 2.43. The number of phenols is 1. The number of aromatic hydroxyl groups is 1. The van der Waals surface area contributed by atoms with Crippen molar-refractivity contribution in [3.8, 4) is 28.2 Å². The number of aromatic amines is 1. The first-order valence-corrected chi connectivity index (χ1v) is 28.9. The molecule has 0 bridgehead atoms. The number of nitrogens with one attached hydrogen (secondary N) is 7. The topological polar surface area (TPSA) is 380 Å². The number of nitrogens with zero attached hydrogens (tertiary/aromatic N) is 1. The Labute approximate surface area is 505 Å². The Balaban J connectivity index is 1.24. The number of imidazole rings is 1. The number of halogens is 2. The largest absolute Gasteiger partial charge is 0.505 e. The van der Waals surface area contributed by atoms with E-state index in [1.165, 1.54) is 66.2 Å². The summed E-state index contributed by atoms with van der Waals surface area (Å²) in [5, 5.41) is 46.7. The number of Topliss-reactive ketones (excluding diaryl/α,β-unsaturated/α-hetero) is 5. The van der Waals surface area contributed by atoms with Crippen LogP contribution >= 0.6 is 0 Å². The van der Waals surface area contributed by atoms with Crippen LogP contribution in [-0.4, -0.2) is 140 Å². The minimum absolute atomic E-state index is 0.00267. The highest BCUT2D eigenvalue weighted by molar-refractivity contribution is 6.09. The lowest BCUT2D eigenvalue weighted by atomic mass is 9.89. The van der Waals surface area contributed by atoms with Gasteiger partial charge >= 0.3 is 5.97 Å². The lowest BCUT2D eigenvalue weighted by Crippen LogP contribution is -2.49. The summed E-state index contributed by atoms with van der Waals surface area (Å²) < 4.78 is 35.2. The third kappa shape index (κ3) is 18.6. The van der Waals surface area contributed by atoms with Crippen LogP contribution in [0.4, 0.5) is 8.78 Å². The number of aliphatic hydroxyl groups is 1. The maximum absolute atomic E-state index is 14.8. The molecular formula is C62H76F2N8O16. The number of likely N-dealkylation sites (N-methyl/N-ethyl adjacent to an activating group) is 1. The second-order valence-electron chi connectivity index (χ2n) is 22.3. The number of carbonyl (C=O) groups is 11. The third-order valence-electron chi connectivity index (χ3n) is 15.4. The summed E-state index contributed by atoms with van der Waals surface area (Å²) in [6.07, 6.45) is 0.674. The molecule has 0 saturated heterocycles. The standard InChI is InChI=1S/C62H76F2N8O16/c1-10-47(74)46(21-38-27-66-28-68-38)72-61(85)40(35(8)73)24-51(78)34(7)70-58(82)30(3)18-49(76)32(5)71-60(84)36(20-50(77)33(6)69-57(81)29(2)17-48(75)31(4)65-9)13-11-12-16-67-59(83)37-14-15-39(41(19-37)62(86)87)56-42-22-44(63)52(79)25-54(42)88-55-26-53(80)45(64)23-43(55)56/h14-15,19,22-23,25-36,40,46,65,73,79H,10-13,16-18,20-21,24H2,1-9H3,(H,66,68)(H,67,83)(H,69,81)(H,70,82)(H,71,84)(H,72,85)(H,86,87)/t29-,30-,31+,32+,33+,34+,35-,36-,40+,46+/m0/s1. The molecule has 26 heteroatoms. The highest BCUT2D eigenvalue weighted by atomic mass is 19.1. The van der Waals surface area contributed by atoms with E-state index in [0.29, 0.717) is 5.69 Å². The maximum atomic E-state index is 14.8. The summed E-state index contributed by atoms with van der Waals surface area (Å²) in [6, 6.07) is 1.91. The molecule has 10 N–H and O–H groups in total. The minimum atomic E-state index is -1.54. The molecule has 1 aromatic heterocycles. The molecule has 474 valence electrons. The van der Waals surface area contributed by atoms with Crippen molar-refractivity contribution >= 4 is 75.4 Å². The zero-order valence-electron chi connectivity index (χ0n) is 50.4. The van der Waals surface area contributed by atoms with Gasteiger partial charge < -0.3 is 56.6 Å². The van der Waals surface area contributed by atoms with Crippen LogP contribution in [0.3, 0.4) is 0 Å². The molecule has 1 aliphatic heterocycles. The van der Waals surface area contributed by atoms with Crippen molar-refractivity contribution in [2.24, 2.45) is 23.7 Å². The number of phenolic OH excluding ortho intramolecular Hbond substituents is 1. The summed E-state index contributed by atoms with van der Waals surface area (Å²) in [7, 11) is 1.59. The van der Waals surface area contributed by atoms with E-state index in [2.05, 4.69) is 41.9 Å². The van der Waals surface area contributed by atoms with Crippen molar-refractivity contribution in [3.05, 3.63) is 93.7 Å². The van der Waals surface area contributed by atoms with Crippen molar-refractivity contribution in [2.75, 3.05) is 13.6 Å². The van der Waals surface area contributed by atoms with Crippen molar-refractivity contribution in [3.63, 3.8) is 0 Å². The average Bonchev–Trinajstić information content (AvgIpc) is 0.811. The number of carboxylic acid groups (broad SMARTS) is 1. The number of fused-ring (bicyclic) bond motifs is 2. The second kappa shape index (κ2) is 31.7. The molecule has 88 heavy (non-hydrogen) atoms. The second-order valence-corrected chi connectivity index (χ2v) is 22.3. The van der Waals surface area contributed by atoms with E-state index in [1.54, 1.807) is 20.9 Å². The maximum Gasteiger partial charge on any atom is 0.336 e. The first-order chi connectivity index (χ1) is 41.5. The van der Waals surface area contributed by atoms with E-state index < -0.39 is 160 Å². The van der Waals surface area contributed by atoms with Crippen molar-refractivity contribution in [1.82, 2.24) is 41.9 Å². The molecular weight excluding hydrogens is 1150 g/mol. The molecule has 5 rings (SSSR count). The summed E-state index contributed by atoms with van der Waals surface area (Å²) in [4.78, 5) is 165. The van der Waals surface area contributed by atoms with Crippen molar-refractivity contribution < 1.29 is 81.3 Å². The van der Waals surface area contributed by atoms with Crippen LogP contribution in [0, 0.1) is 35.3 Å². The van der Waals surface area contributed by atoms with Gasteiger partial charge in [-0.3, -0.25) is 52.7 Å². The lowest BCUT2D eigenvalue weighted by molar-refractivity contribution is -0.137. The number of carbonyl (C=O) groups excluding carboxylic acids is 10. The van der Waals surface area contributed by atoms with Gasteiger partial charge in [-0.25, -0.2) is 18.6 Å². The van der Waals surface area contributed by atoms with Crippen LogP contribution in [0.2, 0.25) is 0 Å². The summed E-state index contributed by atoms with van der Waals surface area (Å²) in [6.45, 7) is 11.6. The minimum Gasteiger partial charge on any atom is -0.505 e. The Morgan fingerprint density at radius 2 is 1.26 bits per heavy atom. The van der Waals surface area contributed by atoms with Crippen LogP contribution in [0.1, 0.15) is 133 Å². The average molecular weight is 1230 g/mol. The molecule has 2 aromatic carbocycles. The number of aromatic carboxylic acids is 1. The number of ketones is 5. The van der Waals surface area contributed by atoms with Crippen molar-refractivity contribution in [2.45, 2.75) is 149 Å². The molecule has 24 nitrogen and oxygen atoms in total. The van der Waals surface area contributed by atoms with Gasteiger partial charge in [-0.05, 0) is 84.3 Å². The molecule has 2 aliphatic rings. The van der Waals surface area contributed by atoms with E-state index in [9.17, 15) is 81.6 Å². The van der Waals surface area contributed by atoms with Gasteiger partial charge in [0.15, 0.2) is 40.5 Å². The van der Waals surface area contributed by atoms with Crippen molar-refractivity contribution in [1.29, 1.82) is 0 Å². The number of hydrogen-bond acceptors (Lipinski definition) is 17. The Morgan fingerprint density at radius 3 is 1.83 bits per heavy atom. The normalized spacial score (nSPS) is 14.8. The summed E-state index contributed by atoms with van der Waals surface area (Å²) >= 11 is 0. The van der Waals surface area contributed by atoms with E-state index in [4.69, 9.17) is 4.42 Å². The van der Waals surface area contributed by atoms with Crippen LogP contribution in [0.25, 0.3) is 33.4 Å². The van der Waals surface area contributed by atoms with Crippen LogP contribution in [-0.2, 0) is 49.6 Å². The van der Waals surface area contributed by atoms with Gasteiger partial charge in [0.1, 0.15) is 17.1 Å². The summed E-state index contributed by atoms with van der Waals surface area (Å²) in [5.41, 5.74) is -1.57. The Bertz CT molecular complexity index is 3460. The fourth-order valence-electron chi connectivity index (χ4n) is 9.69. The molecule has 0 fully saturated rings. The quantitative estimate of drug-likeness (QED) is 0.0201. The molecule has 0 spiro atoms. The molecule has 10 atom stereocenters. The molecule has 5 amide bonds. The Kier molecular flexibility index (Phi) is 25.1. The number of carboxylic acids is 1. The molecule has 2 heterocycles. The van der Waals surface area contributed by atoms with Gasteiger partial charge in [0.25, 0.3) is 5.91 Å². The first kappa shape index (κ1) is 69.9. The fourth-order valence-corrected chi connectivity index (χ4v) is 9.69. The number of H-pyrrole nitrogens is 1. The SMILES string of the molecule is CCC(=O)[C@@H](Cc1cnc[nH]1)NC(=O)[C@H](CC(=O)[C@@H](C)NC(=O)[C@@H](C)CC(=O)[C@@H](C)NC(=O)[C@@H](CCCCNC(=O)c1ccc(-c2c3cc(F)c(=O)cc-3oc3cc(O)c(F)cc23)c(C(=O)O)c1)CC(=O)[C@@H](C)NC(=O)[C@@H](C)CC(=O)[C@@H](C)NC)[C@H](C)O. The van der Waals surface area contributed by atoms with E-state index in [-0.39, 0.29) is 95.6 Å². The molecule has 0 saturated carbocycles. The molecule has 0 unspecified atom stereocenters. The predicted octanol–water partition coefficient (Wildman–Crippen LogP) is 4.42. The zero-order valence-corrected chi connectivity index (χ0v) is 50.4. The van der Waals surface area contributed by atoms with Gasteiger partial charge in [-0.2, -0.15) is 0 Å². The lowest BCUT2D eigenvalue weighted by Gasteiger charge is -2.24. The number of unbranched alkanes of at least 4 members (excludes halogenated alkanes) is 1. The van der Waals surface area contributed by atoms with E-state index in [0.717, 1.165) is 30.3 Å². The number of rotatable bonds is 34. The Morgan fingerprint density at radius 1 is 0.670 bits per heavy atom. The number of amides is 5. The van der Waals surface area contributed by atoms with Gasteiger partial charge in [0.2, 0.25) is 29.1 Å². The van der Waals surface area contributed by atoms with Crippen LogP contribution < -0.4 is 37.3 Å². The van der Waals surface area contributed by atoms with Gasteiger partial charge in [-0.15, -0.1) is 0 Å². The molecule has 3 aromatic rings. The first-order valence-electron chi connectivity index (χ1n) is 28.9. The Hall–Kier alpha value is -8.91. The summed E-state index contributed by atoms with van der Waals surface area (Å²) in [5.74, 6) is -15.0. The molecule has 1 aliphatic carbocycles. The number of aliphatic hydroxyl groups excluding tert-OH is 1. The van der Waals surface area contributed by atoms with Gasteiger partial charge in [-0.1, -0.05) is 33.3 Å². The van der Waals surface area contributed by atoms with E-state index in [1.807, 2.05) is 0 Å². The number of benzene rings is 3. The van der Waals surface area contributed by atoms with Gasteiger partial charge in [0.05, 0.1) is 54.1 Å². The number of hydrogen-bond donors (Lipinski definition) is 10. The molecule has 0 radical (unpaired) electrons. The zero-order chi connectivity index (χ0) is 65.4. The highest BCUT2D eigenvalue weighted by Gasteiger charge is 2.34. The fraction of sp³-hybridized carbons (Fsp3) is 0.468. The third-order valence-corrected chi connectivity index (χ3v) is 15.4. The van der Waals surface area contributed by atoms with E-state index >= 15 is 0 Å². The predicted molar refractivity (Wildman–Crippen MR) is 316 cm³/mol. The smallest absolute Gasteiger partial charge is 0.336 e. The van der Waals surface area contributed by atoms with Crippen LogP contribution in [0.5, 0.6) is 5.75 Å². The number of aromatic nitrogens is 2. The van der Waals surface area contributed by atoms with Crippen LogP contribution in [0.15, 0.2) is 64.2 Å².